The van der Waals surface area contributed by atoms with Crippen LogP contribution >= 0.6 is 15.9 Å². The molecule has 0 fully saturated rings. The number of amides is 1. The number of aromatic nitrogens is 2. The Hall–Kier alpha value is -2.61. The molecule has 2 aromatic carbocycles. The van der Waals surface area contributed by atoms with Gasteiger partial charge in [0, 0.05) is 10.5 Å². The largest absolute Gasteiger partial charge is 0.417 e. The van der Waals surface area contributed by atoms with E-state index in [4.69, 9.17) is 0 Å². The zero-order valence-electron chi connectivity index (χ0n) is 13.3. The summed E-state index contributed by atoms with van der Waals surface area (Å²) < 4.78 is 41.7. The predicted octanol–water partition coefficient (Wildman–Crippen LogP) is 4.97. The number of nitrogens with zero attached hydrogens (tertiary/aromatic N) is 2. The molecule has 0 aliphatic heterocycles. The van der Waals surface area contributed by atoms with Crippen LogP contribution in [-0.2, 0) is 12.7 Å². The van der Waals surface area contributed by atoms with E-state index in [2.05, 4.69) is 26.3 Å². The van der Waals surface area contributed by atoms with E-state index in [0.717, 1.165) is 22.2 Å². The molecule has 1 aromatic heterocycles. The minimum Gasteiger partial charge on any atom is -0.307 e. The van der Waals surface area contributed by atoms with Gasteiger partial charge >= 0.3 is 6.18 Å². The Morgan fingerprint density at radius 1 is 1.08 bits per heavy atom. The van der Waals surface area contributed by atoms with Gasteiger partial charge in [0.05, 0.1) is 23.9 Å². The molecule has 1 N–H and O–H groups in total. The lowest BCUT2D eigenvalue weighted by Crippen LogP contribution is -2.20. The first-order valence-electron chi connectivity index (χ1n) is 7.58. The monoisotopic (exact) mass is 423 g/mol. The fourth-order valence-electron chi connectivity index (χ4n) is 2.44. The number of rotatable bonds is 4. The second-order valence-electron chi connectivity index (χ2n) is 5.50. The predicted molar refractivity (Wildman–Crippen MR) is 94.9 cm³/mol. The molecule has 0 aliphatic carbocycles. The van der Waals surface area contributed by atoms with Crippen molar-refractivity contribution in [2.75, 3.05) is 5.32 Å². The van der Waals surface area contributed by atoms with Crippen molar-refractivity contribution in [3.63, 3.8) is 0 Å². The van der Waals surface area contributed by atoms with E-state index in [1.54, 1.807) is 0 Å². The summed E-state index contributed by atoms with van der Waals surface area (Å²) in [4.78, 5) is 12.4. The van der Waals surface area contributed by atoms with Gasteiger partial charge in [0.1, 0.15) is 5.82 Å². The van der Waals surface area contributed by atoms with Crippen LogP contribution in [0.25, 0.3) is 0 Å². The highest BCUT2D eigenvalue weighted by atomic mass is 79.9. The topological polar surface area (TPSA) is 46.9 Å². The van der Waals surface area contributed by atoms with Crippen molar-refractivity contribution in [1.29, 1.82) is 0 Å². The minimum atomic E-state index is -4.61. The lowest BCUT2D eigenvalue weighted by molar-refractivity contribution is -0.137. The van der Waals surface area contributed by atoms with Gasteiger partial charge in [-0.25, -0.2) is 4.68 Å². The maximum atomic E-state index is 13.1. The molecule has 3 rings (SSSR count). The highest BCUT2D eigenvalue weighted by Crippen LogP contribution is 2.32. The Labute approximate surface area is 155 Å². The zero-order chi connectivity index (χ0) is 18.7. The summed E-state index contributed by atoms with van der Waals surface area (Å²) in [6.07, 6.45) is -3.13. The van der Waals surface area contributed by atoms with Gasteiger partial charge < -0.3 is 5.32 Å². The summed E-state index contributed by atoms with van der Waals surface area (Å²) in [6.45, 7) is 0.372. The Balaban J connectivity index is 1.82. The molecule has 0 unspecified atom stereocenters. The first-order valence-corrected chi connectivity index (χ1v) is 8.38. The third-order valence-corrected chi connectivity index (χ3v) is 4.21. The Kier molecular flexibility index (Phi) is 5.13. The van der Waals surface area contributed by atoms with Gasteiger partial charge in [0.2, 0.25) is 0 Å². The number of hydrogen-bond acceptors (Lipinski definition) is 2. The summed E-state index contributed by atoms with van der Waals surface area (Å²) in [7, 11) is 0. The van der Waals surface area contributed by atoms with E-state index >= 15 is 0 Å². The van der Waals surface area contributed by atoms with E-state index in [0.29, 0.717) is 12.4 Å². The average Bonchev–Trinajstić information content (AvgIpc) is 3.03. The number of carbonyl (C=O) groups is 1. The van der Waals surface area contributed by atoms with Gasteiger partial charge in [-0.15, -0.1) is 0 Å². The van der Waals surface area contributed by atoms with Crippen molar-refractivity contribution >= 4 is 27.7 Å². The Morgan fingerprint density at radius 3 is 2.46 bits per heavy atom. The molecule has 3 aromatic rings. The summed E-state index contributed by atoms with van der Waals surface area (Å²) >= 11 is 3.35. The molecule has 0 saturated heterocycles. The van der Waals surface area contributed by atoms with Crippen LogP contribution in [0.15, 0.2) is 65.3 Å². The van der Waals surface area contributed by atoms with Gasteiger partial charge in [-0.1, -0.05) is 40.2 Å². The second-order valence-corrected chi connectivity index (χ2v) is 6.41. The summed E-state index contributed by atoms with van der Waals surface area (Å²) in [5, 5.41) is 6.62. The van der Waals surface area contributed by atoms with E-state index < -0.39 is 23.2 Å². The third kappa shape index (κ3) is 4.13. The lowest BCUT2D eigenvalue weighted by Gasteiger charge is -2.13. The fraction of sp³-hybridized carbons (Fsp3) is 0.111. The van der Waals surface area contributed by atoms with Gasteiger partial charge in [0.15, 0.2) is 0 Å². The van der Waals surface area contributed by atoms with Crippen molar-refractivity contribution in [2.24, 2.45) is 0 Å². The smallest absolute Gasteiger partial charge is 0.307 e. The Bertz CT molecular complexity index is 920. The van der Waals surface area contributed by atoms with E-state index in [1.807, 2.05) is 24.3 Å². The van der Waals surface area contributed by atoms with Crippen molar-refractivity contribution < 1.29 is 18.0 Å². The number of nitrogens with one attached hydrogen (secondary N) is 1. The number of halogens is 4. The summed E-state index contributed by atoms with van der Waals surface area (Å²) in [6, 6.07) is 13.7. The summed E-state index contributed by atoms with van der Waals surface area (Å²) in [5.74, 6) is -0.523. The van der Waals surface area contributed by atoms with Crippen molar-refractivity contribution in [3.8, 4) is 0 Å². The molecule has 0 bridgehead atoms. The maximum absolute atomic E-state index is 13.1. The molecule has 0 aliphatic rings. The van der Waals surface area contributed by atoms with E-state index in [-0.39, 0.29) is 0 Å². The molecule has 134 valence electrons. The second kappa shape index (κ2) is 7.33. The van der Waals surface area contributed by atoms with Crippen LogP contribution in [0.1, 0.15) is 21.5 Å². The van der Waals surface area contributed by atoms with Crippen LogP contribution in [0, 0.1) is 0 Å². The molecule has 0 atom stereocenters. The van der Waals surface area contributed by atoms with E-state index in [1.165, 1.54) is 29.1 Å². The first kappa shape index (κ1) is 18.2. The summed E-state index contributed by atoms with van der Waals surface area (Å²) in [5.41, 5.74) is -0.476. The van der Waals surface area contributed by atoms with Crippen molar-refractivity contribution in [3.05, 3.63) is 82.0 Å². The molecule has 1 heterocycles. The highest BCUT2D eigenvalue weighted by molar-refractivity contribution is 9.10. The number of anilines is 1. The van der Waals surface area contributed by atoms with Gasteiger partial charge in [-0.2, -0.15) is 18.3 Å². The van der Waals surface area contributed by atoms with Crippen LogP contribution in [-0.4, -0.2) is 15.7 Å². The molecular weight excluding hydrogens is 411 g/mol. The molecule has 0 radical (unpaired) electrons. The van der Waals surface area contributed by atoms with Crippen LogP contribution in [0.3, 0.4) is 0 Å². The quantitative estimate of drug-likeness (QED) is 0.644. The van der Waals surface area contributed by atoms with Gasteiger partial charge in [-0.05, 0) is 29.8 Å². The standard InChI is InChI=1S/C18H13BrF3N3O/c19-13-7-5-12(6-8-13)11-25-16(9-10-23-25)24-17(26)14-3-1-2-4-15(14)18(20,21)22/h1-10H,11H2,(H,24,26). The van der Waals surface area contributed by atoms with Crippen molar-refractivity contribution in [2.45, 2.75) is 12.7 Å². The molecular formula is C18H13BrF3N3O. The maximum Gasteiger partial charge on any atom is 0.417 e. The van der Waals surface area contributed by atoms with Gasteiger partial charge in [-0.3, -0.25) is 4.79 Å². The molecule has 4 nitrogen and oxygen atoms in total. The lowest BCUT2D eigenvalue weighted by atomic mass is 10.1. The Morgan fingerprint density at radius 2 is 1.77 bits per heavy atom. The van der Waals surface area contributed by atoms with Crippen LogP contribution in [0.2, 0.25) is 0 Å². The van der Waals surface area contributed by atoms with Crippen LogP contribution in [0.5, 0.6) is 0 Å². The van der Waals surface area contributed by atoms with Gasteiger partial charge in [0.25, 0.3) is 5.91 Å². The van der Waals surface area contributed by atoms with Crippen molar-refractivity contribution in [1.82, 2.24) is 9.78 Å². The fourth-order valence-corrected chi connectivity index (χ4v) is 2.70. The van der Waals surface area contributed by atoms with Crippen LogP contribution in [0.4, 0.5) is 19.0 Å². The first-order chi connectivity index (χ1) is 12.3. The SMILES string of the molecule is O=C(Nc1ccnn1Cc1ccc(Br)cc1)c1ccccc1C(F)(F)F. The zero-order valence-corrected chi connectivity index (χ0v) is 14.9. The average molecular weight is 424 g/mol. The number of alkyl halides is 3. The molecule has 1 amide bonds. The number of carbonyl (C=O) groups excluding carboxylic acids is 1. The minimum absolute atomic E-state index is 0.315. The number of hydrogen-bond donors (Lipinski definition) is 1. The highest BCUT2D eigenvalue weighted by Gasteiger charge is 2.34. The molecule has 26 heavy (non-hydrogen) atoms. The normalized spacial score (nSPS) is 11.4. The third-order valence-electron chi connectivity index (χ3n) is 3.68. The molecule has 0 saturated carbocycles. The molecule has 8 heteroatoms. The van der Waals surface area contributed by atoms with E-state index in [9.17, 15) is 18.0 Å². The molecule has 0 spiro atoms. The van der Waals surface area contributed by atoms with Crippen LogP contribution < -0.4 is 5.32 Å². The number of benzene rings is 2.